The maximum absolute atomic E-state index is 6.12. The van der Waals surface area contributed by atoms with E-state index in [1.807, 2.05) is 0 Å². The topological polar surface area (TPSA) is 21.3 Å². The lowest BCUT2D eigenvalue weighted by molar-refractivity contribution is 0.0321. The van der Waals surface area contributed by atoms with E-state index in [-0.39, 0.29) is 0 Å². The summed E-state index contributed by atoms with van der Waals surface area (Å²) in [5.74, 6) is 0. The first kappa shape index (κ1) is 15.1. The highest BCUT2D eigenvalue weighted by Gasteiger charge is 2.29. The molecule has 1 aliphatic carbocycles. The van der Waals surface area contributed by atoms with Crippen molar-refractivity contribution in [3.8, 4) is 0 Å². The van der Waals surface area contributed by atoms with Crippen molar-refractivity contribution in [3.05, 3.63) is 34.9 Å². The van der Waals surface area contributed by atoms with Gasteiger partial charge in [0, 0.05) is 6.04 Å². The van der Waals surface area contributed by atoms with Crippen LogP contribution >= 0.6 is 0 Å². The largest absolute Gasteiger partial charge is 0.374 e. The molecule has 0 radical (unpaired) electrons. The second-order valence-corrected chi connectivity index (χ2v) is 6.78. The Bertz CT molecular complexity index is 471. The molecule has 1 heterocycles. The van der Waals surface area contributed by atoms with E-state index >= 15 is 0 Å². The minimum absolute atomic E-state index is 0.389. The maximum Gasteiger partial charge on any atom is 0.0735 e. The first-order chi connectivity index (χ1) is 10.3. The van der Waals surface area contributed by atoms with Crippen LogP contribution in [0.15, 0.2) is 18.2 Å². The molecule has 1 saturated heterocycles. The monoisotopic (exact) mass is 287 g/mol. The molecule has 1 fully saturated rings. The highest BCUT2D eigenvalue weighted by Crippen LogP contribution is 2.26. The fourth-order valence-electron chi connectivity index (χ4n) is 3.80. The molecule has 116 valence electrons. The normalized spacial score (nSPS) is 26.0. The first-order valence-corrected chi connectivity index (χ1v) is 8.75. The zero-order valence-electron chi connectivity index (χ0n) is 13.5. The summed E-state index contributed by atoms with van der Waals surface area (Å²) < 4.78 is 6.12. The molecule has 1 aromatic carbocycles. The van der Waals surface area contributed by atoms with Crippen LogP contribution in [0.25, 0.3) is 0 Å². The highest BCUT2D eigenvalue weighted by molar-refractivity contribution is 5.35. The summed E-state index contributed by atoms with van der Waals surface area (Å²) in [5.41, 5.74) is 4.64. The molecule has 0 saturated carbocycles. The van der Waals surface area contributed by atoms with E-state index in [4.69, 9.17) is 4.74 Å². The van der Waals surface area contributed by atoms with Gasteiger partial charge < -0.3 is 10.1 Å². The minimum atomic E-state index is 0.389. The van der Waals surface area contributed by atoms with Gasteiger partial charge in [0.15, 0.2) is 0 Å². The van der Waals surface area contributed by atoms with E-state index in [2.05, 4.69) is 37.4 Å². The lowest BCUT2D eigenvalue weighted by Crippen LogP contribution is -2.42. The van der Waals surface area contributed by atoms with E-state index in [0.29, 0.717) is 18.2 Å². The van der Waals surface area contributed by atoms with E-state index < -0.39 is 0 Å². The Morgan fingerprint density at radius 2 is 2.10 bits per heavy atom. The molecule has 0 spiro atoms. The molecule has 2 aliphatic rings. The van der Waals surface area contributed by atoms with Crippen LogP contribution in [0.4, 0.5) is 0 Å². The van der Waals surface area contributed by atoms with E-state index in [1.165, 1.54) is 44.1 Å². The summed E-state index contributed by atoms with van der Waals surface area (Å²) in [5, 5.41) is 3.72. The Hall–Kier alpha value is -0.860. The molecule has 0 amide bonds. The Kier molecular flexibility index (Phi) is 4.97. The average Bonchev–Trinajstić information content (AvgIpc) is 3.11. The van der Waals surface area contributed by atoms with Gasteiger partial charge in [-0.15, -0.1) is 0 Å². The van der Waals surface area contributed by atoms with Gasteiger partial charge in [0.05, 0.1) is 12.2 Å². The number of benzene rings is 1. The molecular formula is C19H29NO. The number of nitrogens with one attached hydrogen (secondary N) is 1. The van der Waals surface area contributed by atoms with Crippen LogP contribution in [0, 0.1) is 0 Å². The molecule has 1 N–H and O–H groups in total. The fourth-order valence-corrected chi connectivity index (χ4v) is 3.80. The van der Waals surface area contributed by atoms with Crippen molar-refractivity contribution in [1.29, 1.82) is 0 Å². The Labute approximate surface area is 129 Å². The molecule has 3 atom stereocenters. The number of aryl methyl sites for hydroxylation is 2. The number of hydrogen-bond donors (Lipinski definition) is 1. The van der Waals surface area contributed by atoms with E-state index in [9.17, 15) is 0 Å². The SMILES string of the molecule is CCCNC(Cc1ccc2c(c1)CCC2)C1CCC(C)O1. The molecular weight excluding hydrogens is 258 g/mol. The Morgan fingerprint density at radius 1 is 1.24 bits per heavy atom. The van der Waals surface area contributed by atoms with Crippen LogP contribution in [0.5, 0.6) is 0 Å². The molecule has 3 rings (SSSR count). The van der Waals surface area contributed by atoms with Crippen LogP contribution in [0.3, 0.4) is 0 Å². The molecule has 2 nitrogen and oxygen atoms in total. The van der Waals surface area contributed by atoms with Crippen molar-refractivity contribution in [1.82, 2.24) is 5.32 Å². The summed E-state index contributed by atoms with van der Waals surface area (Å²) in [6.45, 7) is 5.52. The zero-order chi connectivity index (χ0) is 14.7. The number of rotatable bonds is 6. The Balaban J connectivity index is 1.68. The van der Waals surface area contributed by atoms with Crippen LogP contribution in [-0.2, 0) is 24.0 Å². The van der Waals surface area contributed by atoms with Crippen LogP contribution in [0.1, 0.15) is 56.2 Å². The third kappa shape index (κ3) is 3.67. The van der Waals surface area contributed by atoms with Gasteiger partial charge in [-0.2, -0.15) is 0 Å². The quantitative estimate of drug-likeness (QED) is 0.862. The van der Waals surface area contributed by atoms with Crippen molar-refractivity contribution in [2.75, 3.05) is 6.54 Å². The lowest BCUT2D eigenvalue weighted by Gasteiger charge is -2.25. The van der Waals surface area contributed by atoms with Gasteiger partial charge in [0.2, 0.25) is 0 Å². The van der Waals surface area contributed by atoms with Gasteiger partial charge >= 0.3 is 0 Å². The summed E-state index contributed by atoms with van der Waals surface area (Å²) in [6, 6.07) is 7.60. The third-order valence-corrected chi connectivity index (χ3v) is 4.99. The molecule has 21 heavy (non-hydrogen) atoms. The molecule has 0 bridgehead atoms. The van der Waals surface area contributed by atoms with Crippen molar-refractivity contribution >= 4 is 0 Å². The third-order valence-electron chi connectivity index (χ3n) is 4.99. The number of ether oxygens (including phenoxy) is 1. The molecule has 1 aliphatic heterocycles. The summed E-state index contributed by atoms with van der Waals surface area (Å²) in [6.07, 6.45) is 9.39. The maximum atomic E-state index is 6.12. The van der Waals surface area contributed by atoms with Crippen molar-refractivity contribution in [2.45, 2.75) is 77.0 Å². The smallest absolute Gasteiger partial charge is 0.0735 e. The summed E-state index contributed by atoms with van der Waals surface area (Å²) in [4.78, 5) is 0. The van der Waals surface area contributed by atoms with Crippen LogP contribution in [0.2, 0.25) is 0 Å². The average molecular weight is 287 g/mol. The Morgan fingerprint density at radius 3 is 2.86 bits per heavy atom. The van der Waals surface area contributed by atoms with Gasteiger partial charge in [-0.3, -0.25) is 0 Å². The zero-order valence-corrected chi connectivity index (χ0v) is 13.5. The molecule has 3 unspecified atom stereocenters. The first-order valence-electron chi connectivity index (χ1n) is 8.75. The molecule has 0 aromatic heterocycles. The highest BCUT2D eigenvalue weighted by atomic mass is 16.5. The van der Waals surface area contributed by atoms with Gasteiger partial charge in [0.1, 0.15) is 0 Å². The fraction of sp³-hybridized carbons (Fsp3) is 0.684. The van der Waals surface area contributed by atoms with Gasteiger partial charge in [0.25, 0.3) is 0 Å². The standard InChI is InChI=1S/C19H29NO/c1-3-11-20-18(19-10-7-14(2)21-19)13-15-8-9-16-5-4-6-17(16)12-15/h8-9,12,14,18-20H,3-7,10-11,13H2,1-2H3. The minimum Gasteiger partial charge on any atom is -0.374 e. The van der Waals surface area contributed by atoms with Crippen molar-refractivity contribution < 1.29 is 4.74 Å². The van der Waals surface area contributed by atoms with E-state index in [0.717, 1.165) is 13.0 Å². The van der Waals surface area contributed by atoms with Crippen molar-refractivity contribution in [3.63, 3.8) is 0 Å². The number of fused-ring (bicyclic) bond motifs is 1. The predicted molar refractivity (Wildman–Crippen MR) is 87.8 cm³/mol. The predicted octanol–water partition coefficient (Wildman–Crippen LogP) is 3.65. The lowest BCUT2D eigenvalue weighted by atomic mass is 9.96. The van der Waals surface area contributed by atoms with Crippen LogP contribution in [-0.4, -0.2) is 24.8 Å². The van der Waals surface area contributed by atoms with Gasteiger partial charge in [-0.05, 0) is 75.1 Å². The van der Waals surface area contributed by atoms with E-state index in [1.54, 1.807) is 11.1 Å². The van der Waals surface area contributed by atoms with Gasteiger partial charge in [-0.25, -0.2) is 0 Å². The van der Waals surface area contributed by atoms with Crippen LogP contribution < -0.4 is 5.32 Å². The summed E-state index contributed by atoms with van der Waals surface area (Å²) in [7, 11) is 0. The number of hydrogen-bond acceptors (Lipinski definition) is 2. The molecule has 1 aromatic rings. The second kappa shape index (κ2) is 6.93. The van der Waals surface area contributed by atoms with Gasteiger partial charge in [-0.1, -0.05) is 25.1 Å². The molecule has 2 heteroatoms. The summed E-state index contributed by atoms with van der Waals surface area (Å²) >= 11 is 0. The van der Waals surface area contributed by atoms with Crippen molar-refractivity contribution in [2.24, 2.45) is 0 Å². The second-order valence-electron chi connectivity index (χ2n) is 6.78.